The fourth-order valence-corrected chi connectivity index (χ4v) is 4.36. The Morgan fingerprint density at radius 1 is 1.00 bits per heavy atom. The Balaban J connectivity index is 1.56. The molecule has 3 N–H and O–H groups in total. The van der Waals surface area contributed by atoms with Gasteiger partial charge in [0, 0.05) is 38.1 Å². The number of nitrogens with one attached hydrogen (secondary N) is 3. The molecule has 0 aliphatic rings. The summed E-state index contributed by atoms with van der Waals surface area (Å²) in [7, 11) is 3.15. The lowest BCUT2D eigenvalue weighted by molar-refractivity contribution is 0.0957. The van der Waals surface area contributed by atoms with Crippen molar-refractivity contribution in [3.63, 3.8) is 0 Å². The van der Waals surface area contributed by atoms with E-state index in [9.17, 15) is 18.4 Å². The molecule has 0 radical (unpaired) electrons. The summed E-state index contributed by atoms with van der Waals surface area (Å²) in [6, 6.07) is 11.1. The number of aryl methyl sites for hydroxylation is 1. The van der Waals surface area contributed by atoms with Crippen molar-refractivity contribution in [2.75, 3.05) is 24.7 Å². The predicted octanol–water partition coefficient (Wildman–Crippen LogP) is 5.24. The number of hydrogen-bond acceptors (Lipinski definition) is 7. The number of rotatable bonds is 7. The molecule has 0 spiro atoms. The van der Waals surface area contributed by atoms with Gasteiger partial charge in [0.2, 0.25) is 0 Å². The molecule has 2 aromatic heterocycles. The van der Waals surface area contributed by atoms with Crippen molar-refractivity contribution in [1.29, 1.82) is 0 Å². The average Bonchev–Trinajstić information content (AvgIpc) is 3.30. The molecule has 0 saturated carbocycles. The first-order valence-electron chi connectivity index (χ1n) is 10.7. The van der Waals surface area contributed by atoms with Gasteiger partial charge in [0.15, 0.2) is 16.7 Å². The Morgan fingerprint density at radius 2 is 1.81 bits per heavy atom. The SMILES string of the molecule is CNC(=O)c1cc(Oc2ccc(NC(=O)c3nc(NC)sc3-c3ccc(F)cc3C)cc2F)ccn1. The molecule has 8 nitrogen and oxygen atoms in total. The zero-order valence-electron chi connectivity index (χ0n) is 19.5. The maximum atomic E-state index is 14.8. The molecule has 2 aromatic carbocycles. The minimum atomic E-state index is -0.727. The fourth-order valence-electron chi connectivity index (χ4n) is 3.35. The van der Waals surface area contributed by atoms with E-state index >= 15 is 0 Å². The van der Waals surface area contributed by atoms with Gasteiger partial charge in [-0.3, -0.25) is 14.6 Å². The summed E-state index contributed by atoms with van der Waals surface area (Å²) in [5, 5.41) is 8.51. The molecule has 0 fully saturated rings. The Morgan fingerprint density at radius 3 is 2.50 bits per heavy atom. The molecular weight excluding hydrogens is 488 g/mol. The molecule has 0 atom stereocenters. The van der Waals surface area contributed by atoms with Crippen LogP contribution in [0.4, 0.5) is 19.6 Å². The summed E-state index contributed by atoms with van der Waals surface area (Å²) in [6.07, 6.45) is 1.38. The number of halogens is 2. The largest absolute Gasteiger partial charge is 0.454 e. The van der Waals surface area contributed by atoms with Crippen LogP contribution >= 0.6 is 11.3 Å². The lowest BCUT2D eigenvalue weighted by atomic mass is 10.1. The van der Waals surface area contributed by atoms with E-state index in [1.807, 2.05) is 0 Å². The van der Waals surface area contributed by atoms with Crippen LogP contribution in [0.5, 0.6) is 11.5 Å². The van der Waals surface area contributed by atoms with Crippen molar-refractivity contribution in [3.05, 3.63) is 83.3 Å². The molecule has 2 amide bonds. The van der Waals surface area contributed by atoms with Crippen molar-refractivity contribution < 1.29 is 23.1 Å². The summed E-state index contributed by atoms with van der Waals surface area (Å²) >= 11 is 1.25. The normalized spacial score (nSPS) is 10.6. The monoisotopic (exact) mass is 509 g/mol. The molecule has 4 aromatic rings. The van der Waals surface area contributed by atoms with E-state index in [1.54, 1.807) is 20.0 Å². The first-order valence-corrected chi connectivity index (χ1v) is 11.5. The van der Waals surface area contributed by atoms with Gasteiger partial charge in [0.25, 0.3) is 11.8 Å². The van der Waals surface area contributed by atoms with Gasteiger partial charge in [-0.05, 0) is 48.4 Å². The summed E-state index contributed by atoms with van der Waals surface area (Å²) in [5.74, 6) is -1.94. The van der Waals surface area contributed by atoms with E-state index in [1.165, 1.54) is 61.0 Å². The second-order valence-corrected chi connectivity index (χ2v) is 8.56. The standard InChI is InChI=1S/C25H21F2N5O3S/c1-13-10-14(26)4-6-17(13)22-21(32-25(29-3)36-22)24(34)31-15-5-7-20(18(27)11-15)35-16-8-9-30-19(12-16)23(33)28-2/h4-12H,1-3H3,(H,28,33)(H,29,32)(H,31,34). The molecule has 0 unspecified atom stereocenters. The van der Waals surface area contributed by atoms with Crippen LogP contribution in [-0.2, 0) is 0 Å². The number of amides is 2. The van der Waals surface area contributed by atoms with Gasteiger partial charge in [0.05, 0.1) is 4.88 Å². The fraction of sp³-hybridized carbons (Fsp3) is 0.120. The first-order chi connectivity index (χ1) is 17.3. The van der Waals surface area contributed by atoms with E-state index < -0.39 is 17.6 Å². The molecule has 184 valence electrons. The van der Waals surface area contributed by atoms with Crippen LogP contribution in [0.15, 0.2) is 54.7 Å². The van der Waals surface area contributed by atoms with Crippen molar-refractivity contribution in [2.24, 2.45) is 0 Å². The predicted molar refractivity (Wildman–Crippen MR) is 134 cm³/mol. The van der Waals surface area contributed by atoms with Gasteiger partial charge in [-0.2, -0.15) is 0 Å². The highest BCUT2D eigenvalue weighted by molar-refractivity contribution is 7.19. The number of carbonyl (C=O) groups excluding carboxylic acids is 2. The van der Waals surface area contributed by atoms with Gasteiger partial charge < -0.3 is 20.7 Å². The second-order valence-electron chi connectivity index (χ2n) is 7.56. The summed E-state index contributed by atoms with van der Waals surface area (Å²) < 4.78 is 33.9. The van der Waals surface area contributed by atoms with Crippen molar-refractivity contribution in [1.82, 2.24) is 15.3 Å². The highest BCUT2D eigenvalue weighted by Gasteiger charge is 2.21. The first kappa shape index (κ1) is 24.7. The van der Waals surface area contributed by atoms with Crippen LogP contribution in [0.1, 0.15) is 26.5 Å². The molecular formula is C25H21F2N5O3S. The Bertz CT molecular complexity index is 1460. The summed E-state index contributed by atoms with van der Waals surface area (Å²) in [4.78, 5) is 33.6. The number of thiazole rings is 1. The quantitative estimate of drug-likeness (QED) is 0.315. The maximum absolute atomic E-state index is 14.8. The van der Waals surface area contributed by atoms with Crippen molar-refractivity contribution in [3.8, 4) is 21.9 Å². The molecule has 36 heavy (non-hydrogen) atoms. The van der Waals surface area contributed by atoms with E-state index in [0.29, 0.717) is 21.1 Å². The second kappa shape index (κ2) is 10.5. The number of hydrogen-bond donors (Lipinski definition) is 3. The van der Waals surface area contributed by atoms with Gasteiger partial charge >= 0.3 is 0 Å². The summed E-state index contributed by atoms with van der Waals surface area (Å²) in [5.41, 5.74) is 1.75. The third kappa shape index (κ3) is 5.31. The van der Waals surface area contributed by atoms with Gasteiger partial charge in [-0.1, -0.05) is 17.4 Å². The Hall–Kier alpha value is -4.38. The molecule has 0 aliphatic heterocycles. The number of carbonyl (C=O) groups is 2. The maximum Gasteiger partial charge on any atom is 0.275 e. The van der Waals surface area contributed by atoms with Crippen LogP contribution < -0.4 is 20.7 Å². The lowest BCUT2D eigenvalue weighted by Gasteiger charge is -2.10. The highest BCUT2D eigenvalue weighted by atomic mass is 32.1. The molecule has 0 saturated heterocycles. The number of ether oxygens (including phenoxy) is 1. The van der Waals surface area contributed by atoms with Gasteiger partial charge in [-0.25, -0.2) is 13.8 Å². The van der Waals surface area contributed by atoms with Crippen LogP contribution in [-0.4, -0.2) is 35.9 Å². The minimum Gasteiger partial charge on any atom is -0.454 e. The number of pyridine rings is 1. The van der Waals surface area contributed by atoms with Crippen LogP contribution in [0.2, 0.25) is 0 Å². The smallest absolute Gasteiger partial charge is 0.275 e. The van der Waals surface area contributed by atoms with Crippen molar-refractivity contribution >= 4 is 34.0 Å². The Kier molecular flexibility index (Phi) is 7.20. The molecule has 0 bridgehead atoms. The third-order valence-electron chi connectivity index (χ3n) is 5.10. The van der Waals surface area contributed by atoms with Crippen LogP contribution in [0.3, 0.4) is 0 Å². The average molecular weight is 510 g/mol. The zero-order valence-corrected chi connectivity index (χ0v) is 20.3. The van der Waals surface area contributed by atoms with E-state index in [0.717, 1.165) is 6.07 Å². The summed E-state index contributed by atoms with van der Waals surface area (Å²) in [6.45, 7) is 1.74. The number of benzene rings is 2. The number of anilines is 2. The third-order valence-corrected chi connectivity index (χ3v) is 6.20. The van der Waals surface area contributed by atoms with E-state index in [2.05, 4.69) is 25.9 Å². The topological polar surface area (TPSA) is 105 Å². The van der Waals surface area contributed by atoms with Crippen LogP contribution in [0, 0.1) is 18.6 Å². The van der Waals surface area contributed by atoms with Crippen LogP contribution in [0.25, 0.3) is 10.4 Å². The highest BCUT2D eigenvalue weighted by Crippen LogP contribution is 2.36. The number of nitrogens with zero attached hydrogens (tertiary/aromatic N) is 2. The van der Waals surface area contributed by atoms with Gasteiger partial charge in [-0.15, -0.1) is 0 Å². The van der Waals surface area contributed by atoms with Crippen molar-refractivity contribution in [2.45, 2.75) is 6.92 Å². The Labute approximate surface area is 209 Å². The molecule has 2 heterocycles. The molecule has 11 heteroatoms. The molecule has 0 aliphatic carbocycles. The van der Waals surface area contributed by atoms with Gasteiger partial charge in [0.1, 0.15) is 23.0 Å². The minimum absolute atomic E-state index is 0.101. The number of aromatic nitrogens is 2. The molecule has 4 rings (SSSR count). The lowest BCUT2D eigenvalue weighted by Crippen LogP contribution is -2.18. The van der Waals surface area contributed by atoms with E-state index in [4.69, 9.17) is 4.74 Å². The van der Waals surface area contributed by atoms with E-state index in [-0.39, 0.29) is 34.4 Å². The zero-order chi connectivity index (χ0) is 25.8.